The summed E-state index contributed by atoms with van der Waals surface area (Å²) in [6.45, 7) is 3.49. The van der Waals surface area contributed by atoms with Crippen molar-refractivity contribution in [2.24, 2.45) is 11.8 Å². The van der Waals surface area contributed by atoms with E-state index in [9.17, 15) is 9.90 Å². The third-order valence-corrected chi connectivity index (χ3v) is 3.18. The fourth-order valence-corrected chi connectivity index (χ4v) is 2.26. The predicted octanol–water partition coefficient (Wildman–Crippen LogP) is 3.21. The number of carboxylic acid groups (broad SMARTS) is 1. The Morgan fingerprint density at radius 2 is 1.84 bits per heavy atom. The van der Waals surface area contributed by atoms with Crippen molar-refractivity contribution in [2.75, 3.05) is 0 Å². The third-order valence-electron chi connectivity index (χ3n) is 3.18. The first-order valence-electron chi connectivity index (χ1n) is 6.40. The average Bonchev–Trinajstić information content (AvgIpc) is 2.38. The number of hydrogen-bond acceptors (Lipinski definition) is 3. The molecule has 0 spiro atoms. The third kappa shape index (κ3) is 3.74. The highest BCUT2D eigenvalue weighted by Gasteiger charge is 2.32. The molecule has 102 valence electrons. The molecule has 1 rings (SSSR count). The zero-order valence-electron chi connectivity index (χ0n) is 11.3. The van der Waals surface area contributed by atoms with Crippen LogP contribution in [0.2, 0.25) is 0 Å². The lowest BCUT2D eigenvalue weighted by molar-refractivity contribution is -0.142. The lowest BCUT2D eigenvalue weighted by Gasteiger charge is -2.24. The molecule has 0 fully saturated rings. The van der Waals surface area contributed by atoms with E-state index in [2.05, 4.69) is 0 Å². The van der Waals surface area contributed by atoms with Crippen molar-refractivity contribution in [3.05, 3.63) is 35.9 Å². The van der Waals surface area contributed by atoms with Gasteiger partial charge in [0.25, 0.3) is 0 Å². The molecule has 0 aliphatic carbocycles. The van der Waals surface area contributed by atoms with Crippen LogP contribution >= 0.6 is 0 Å². The molecule has 1 aromatic rings. The Balaban J connectivity index is 3.10. The molecule has 0 aliphatic heterocycles. The molecular formula is C15H20N2O2. The Morgan fingerprint density at radius 1 is 1.26 bits per heavy atom. The number of carboxylic acids is 1. The number of rotatable bonds is 7. The second-order valence-corrected chi connectivity index (χ2v) is 4.67. The van der Waals surface area contributed by atoms with Gasteiger partial charge in [-0.15, -0.1) is 0 Å². The second kappa shape index (κ2) is 6.83. The Morgan fingerprint density at radius 3 is 2.26 bits per heavy atom. The molecule has 2 atom stereocenters. The molecule has 0 amide bonds. The maximum absolute atomic E-state index is 11.4. The highest BCUT2D eigenvalue weighted by molar-refractivity contribution is 6.14. The fraction of sp³-hybridized carbons (Fsp3) is 0.400. The van der Waals surface area contributed by atoms with E-state index in [1.165, 1.54) is 0 Å². The number of benzene rings is 1. The van der Waals surface area contributed by atoms with Crippen molar-refractivity contribution in [3.63, 3.8) is 0 Å². The quantitative estimate of drug-likeness (QED) is 0.657. The largest absolute Gasteiger partial charge is 0.481 e. The van der Waals surface area contributed by atoms with Crippen LogP contribution in [0.4, 0.5) is 0 Å². The summed E-state index contributed by atoms with van der Waals surface area (Å²) in [5.74, 6) is -2.28. The highest BCUT2D eigenvalue weighted by Crippen LogP contribution is 2.24. The van der Waals surface area contributed by atoms with Gasteiger partial charge in [-0.1, -0.05) is 43.7 Å². The molecule has 2 unspecified atom stereocenters. The van der Waals surface area contributed by atoms with Crippen LogP contribution in [-0.4, -0.2) is 22.5 Å². The Bertz CT molecular complexity index is 468. The fourth-order valence-electron chi connectivity index (χ4n) is 2.26. The van der Waals surface area contributed by atoms with Gasteiger partial charge in [0.05, 0.1) is 11.8 Å². The van der Waals surface area contributed by atoms with Crippen LogP contribution in [0, 0.1) is 22.7 Å². The molecule has 0 heterocycles. The Labute approximate surface area is 113 Å². The summed E-state index contributed by atoms with van der Waals surface area (Å²) >= 11 is 0. The van der Waals surface area contributed by atoms with E-state index < -0.39 is 17.8 Å². The number of aliphatic carboxylic acids is 1. The van der Waals surface area contributed by atoms with Crippen LogP contribution in [0.15, 0.2) is 30.3 Å². The summed E-state index contributed by atoms with van der Waals surface area (Å²) in [7, 11) is 0. The van der Waals surface area contributed by atoms with E-state index in [-0.39, 0.29) is 11.4 Å². The second-order valence-electron chi connectivity index (χ2n) is 4.67. The Hall–Kier alpha value is -1.97. The minimum Gasteiger partial charge on any atom is -0.481 e. The lowest BCUT2D eigenvalue weighted by Crippen LogP contribution is -2.34. The van der Waals surface area contributed by atoms with Gasteiger partial charge in [0.15, 0.2) is 0 Å². The van der Waals surface area contributed by atoms with E-state index in [0.717, 1.165) is 6.42 Å². The van der Waals surface area contributed by atoms with Crippen LogP contribution < -0.4 is 0 Å². The normalized spacial score (nSPS) is 13.6. The predicted molar refractivity (Wildman–Crippen MR) is 76.2 cm³/mol. The molecule has 0 saturated carbocycles. The van der Waals surface area contributed by atoms with Gasteiger partial charge in [-0.2, -0.15) is 0 Å². The van der Waals surface area contributed by atoms with Gasteiger partial charge in [0, 0.05) is 11.4 Å². The van der Waals surface area contributed by atoms with Crippen LogP contribution in [0.1, 0.15) is 32.3 Å². The number of hydrogen-bond donors (Lipinski definition) is 3. The molecule has 1 aromatic carbocycles. The minimum absolute atomic E-state index is 0.217. The average molecular weight is 260 g/mol. The van der Waals surface area contributed by atoms with Gasteiger partial charge in [0.2, 0.25) is 0 Å². The maximum Gasteiger partial charge on any atom is 0.307 e. The summed E-state index contributed by atoms with van der Waals surface area (Å²) in [5.41, 5.74) is 1.13. The highest BCUT2D eigenvalue weighted by atomic mass is 16.4. The van der Waals surface area contributed by atoms with Crippen molar-refractivity contribution in [1.82, 2.24) is 0 Å². The maximum atomic E-state index is 11.4. The van der Waals surface area contributed by atoms with E-state index >= 15 is 0 Å². The van der Waals surface area contributed by atoms with Gasteiger partial charge in [0.1, 0.15) is 0 Å². The van der Waals surface area contributed by atoms with E-state index in [0.29, 0.717) is 12.0 Å². The summed E-state index contributed by atoms with van der Waals surface area (Å²) in [4.78, 5) is 11.4. The van der Waals surface area contributed by atoms with Gasteiger partial charge >= 0.3 is 5.97 Å². The van der Waals surface area contributed by atoms with Crippen molar-refractivity contribution in [1.29, 1.82) is 10.8 Å². The van der Waals surface area contributed by atoms with Gasteiger partial charge in [-0.05, 0) is 18.9 Å². The van der Waals surface area contributed by atoms with Crippen LogP contribution in [0.25, 0.3) is 0 Å². The molecular weight excluding hydrogens is 240 g/mol. The van der Waals surface area contributed by atoms with Crippen molar-refractivity contribution < 1.29 is 9.90 Å². The molecule has 0 saturated heterocycles. The van der Waals surface area contributed by atoms with Gasteiger partial charge in [-0.25, -0.2) is 0 Å². The monoisotopic (exact) mass is 260 g/mol. The van der Waals surface area contributed by atoms with Crippen molar-refractivity contribution in [3.8, 4) is 0 Å². The van der Waals surface area contributed by atoms with E-state index in [1.54, 1.807) is 19.1 Å². The molecule has 19 heavy (non-hydrogen) atoms. The topological polar surface area (TPSA) is 85.0 Å². The standard InChI is InChI=1S/C15H20N2O2/c1-3-7-12(15(18)19)13(10(2)16)14(17)11-8-5-4-6-9-11/h4-6,8-9,12-13,16-17H,3,7H2,1-2H3,(H,18,19). The van der Waals surface area contributed by atoms with Crippen LogP contribution in [0.5, 0.6) is 0 Å². The first kappa shape index (κ1) is 15.1. The molecule has 3 N–H and O–H groups in total. The summed E-state index contributed by atoms with van der Waals surface area (Å²) in [6.07, 6.45) is 1.20. The minimum atomic E-state index is -0.931. The first-order valence-corrected chi connectivity index (χ1v) is 6.40. The van der Waals surface area contributed by atoms with Crippen molar-refractivity contribution in [2.45, 2.75) is 26.7 Å². The summed E-state index contributed by atoms with van der Waals surface area (Å²) < 4.78 is 0. The molecule has 0 aromatic heterocycles. The van der Waals surface area contributed by atoms with Gasteiger partial charge in [-0.3, -0.25) is 4.79 Å². The van der Waals surface area contributed by atoms with Crippen LogP contribution in [0.3, 0.4) is 0 Å². The molecule has 0 radical (unpaired) electrons. The molecule has 4 nitrogen and oxygen atoms in total. The van der Waals surface area contributed by atoms with E-state index in [1.807, 2.05) is 25.1 Å². The SMILES string of the molecule is CCCC(C(=O)O)C(C(C)=N)C(=N)c1ccccc1. The zero-order chi connectivity index (χ0) is 14.4. The number of carbonyl (C=O) groups is 1. The Kier molecular flexibility index (Phi) is 5.42. The lowest BCUT2D eigenvalue weighted by atomic mass is 9.80. The number of nitrogens with one attached hydrogen (secondary N) is 2. The molecule has 4 heteroatoms. The van der Waals surface area contributed by atoms with Crippen LogP contribution in [-0.2, 0) is 4.79 Å². The van der Waals surface area contributed by atoms with E-state index in [4.69, 9.17) is 10.8 Å². The molecule has 0 aliphatic rings. The smallest absolute Gasteiger partial charge is 0.307 e. The van der Waals surface area contributed by atoms with Gasteiger partial charge < -0.3 is 15.9 Å². The first-order chi connectivity index (χ1) is 8.99. The summed E-state index contributed by atoms with van der Waals surface area (Å²) in [5, 5.41) is 25.4. The van der Waals surface area contributed by atoms with Crippen molar-refractivity contribution >= 4 is 17.4 Å². The molecule has 0 bridgehead atoms. The summed E-state index contributed by atoms with van der Waals surface area (Å²) in [6, 6.07) is 9.04. The zero-order valence-corrected chi connectivity index (χ0v) is 11.3.